The minimum atomic E-state index is -1.14. The molecule has 7 heteroatoms. The number of likely N-dealkylation sites (tertiary alicyclic amines) is 1. The smallest absolute Gasteiger partial charge is 0.407 e. The highest BCUT2D eigenvalue weighted by Gasteiger charge is 2.51. The Morgan fingerprint density at radius 1 is 1.06 bits per heavy atom. The summed E-state index contributed by atoms with van der Waals surface area (Å²) in [5.41, 5.74) is 3.54. The highest BCUT2D eigenvalue weighted by atomic mass is 16.5. The molecule has 0 radical (unpaired) electrons. The van der Waals surface area contributed by atoms with Crippen LogP contribution in [0, 0.1) is 11.8 Å². The number of aliphatic carboxylic acids is 1. The second-order valence-corrected chi connectivity index (χ2v) is 9.83. The number of carboxylic acid groups (broad SMARTS) is 1. The molecule has 2 amide bonds. The van der Waals surface area contributed by atoms with E-state index in [0.29, 0.717) is 25.9 Å². The van der Waals surface area contributed by atoms with E-state index in [-0.39, 0.29) is 30.3 Å². The quantitative estimate of drug-likeness (QED) is 0.676. The van der Waals surface area contributed by atoms with E-state index in [0.717, 1.165) is 24.0 Å². The highest BCUT2D eigenvalue weighted by molar-refractivity contribution is 5.89. The molecule has 5 rings (SSSR count). The Morgan fingerprint density at radius 2 is 1.71 bits per heavy atom. The van der Waals surface area contributed by atoms with Crippen molar-refractivity contribution in [2.45, 2.75) is 44.1 Å². The number of hydrogen-bond acceptors (Lipinski definition) is 4. The number of carbonyl (C=O) groups excluding carboxylic acids is 2. The van der Waals surface area contributed by atoms with Crippen molar-refractivity contribution < 1.29 is 24.2 Å². The van der Waals surface area contributed by atoms with E-state index in [1.807, 2.05) is 24.3 Å². The van der Waals surface area contributed by atoms with Crippen molar-refractivity contribution in [2.24, 2.45) is 11.8 Å². The van der Waals surface area contributed by atoms with Gasteiger partial charge in [-0.3, -0.25) is 4.79 Å². The molecule has 0 aromatic heterocycles. The standard InChI is InChI=1S/C27H30N2O5/c1-27(25(31)32)12-6-7-13-29(27)24(30)22-14-17(22)15-28-26(33)34-16-23-20-10-4-2-8-18(20)19-9-3-5-11-21(19)23/h2-5,8-11,17,22-23H,6-7,12-16H2,1H3,(H,28,33)(H,31,32)/t17-,22-,27?/m0/s1. The molecule has 0 bridgehead atoms. The molecule has 1 unspecified atom stereocenters. The van der Waals surface area contributed by atoms with Crippen LogP contribution in [0.15, 0.2) is 48.5 Å². The van der Waals surface area contributed by atoms with Gasteiger partial charge in [-0.25, -0.2) is 9.59 Å². The third-order valence-electron chi connectivity index (χ3n) is 7.71. The number of rotatable bonds is 6. The zero-order valence-corrected chi connectivity index (χ0v) is 19.3. The Labute approximate surface area is 199 Å². The van der Waals surface area contributed by atoms with Gasteiger partial charge < -0.3 is 20.1 Å². The van der Waals surface area contributed by atoms with Gasteiger partial charge in [0.15, 0.2) is 0 Å². The van der Waals surface area contributed by atoms with Crippen molar-refractivity contribution in [1.29, 1.82) is 0 Å². The van der Waals surface area contributed by atoms with Gasteiger partial charge in [-0.05, 0) is 60.8 Å². The van der Waals surface area contributed by atoms with E-state index in [9.17, 15) is 19.5 Å². The minimum absolute atomic E-state index is 0.00111. The third kappa shape index (κ3) is 3.93. The van der Waals surface area contributed by atoms with Gasteiger partial charge in [0.2, 0.25) is 5.91 Å². The molecule has 3 aliphatic rings. The summed E-state index contributed by atoms with van der Waals surface area (Å²) in [5.74, 6) is -1.27. The van der Waals surface area contributed by atoms with Crippen LogP contribution in [0.1, 0.15) is 49.7 Å². The number of nitrogens with zero attached hydrogens (tertiary/aromatic N) is 1. The van der Waals surface area contributed by atoms with E-state index in [4.69, 9.17) is 4.74 Å². The minimum Gasteiger partial charge on any atom is -0.480 e. The third-order valence-corrected chi connectivity index (χ3v) is 7.71. The number of ether oxygens (including phenoxy) is 1. The first-order valence-corrected chi connectivity index (χ1v) is 12.0. The second kappa shape index (κ2) is 8.78. The maximum atomic E-state index is 13.0. The van der Waals surface area contributed by atoms with Crippen LogP contribution in [0.4, 0.5) is 4.79 Å². The van der Waals surface area contributed by atoms with Crippen LogP contribution in [-0.2, 0) is 14.3 Å². The zero-order valence-electron chi connectivity index (χ0n) is 19.3. The van der Waals surface area contributed by atoms with Crippen LogP contribution >= 0.6 is 0 Å². The fourth-order valence-electron chi connectivity index (χ4n) is 5.54. The summed E-state index contributed by atoms with van der Waals surface area (Å²) < 4.78 is 5.57. The van der Waals surface area contributed by atoms with Gasteiger partial charge in [-0.1, -0.05) is 48.5 Å². The molecule has 2 N–H and O–H groups in total. The molecule has 3 atom stereocenters. The van der Waals surface area contributed by atoms with Gasteiger partial charge >= 0.3 is 12.1 Å². The Hall–Kier alpha value is -3.35. The number of amides is 2. The van der Waals surface area contributed by atoms with Gasteiger partial charge in [0.25, 0.3) is 0 Å². The molecule has 2 aromatic carbocycles. The monoisotopic (exact) mass is 462 g/mol. The van der Waals surface area contributed by atoms with Crippen LogP contribution < -0.4 is 5.32 Å². The van der Waals surface area contributed by atoms with Crippen molar-refractivity contribution in [3.05, 3.63) is 59.7 Å². The molecular weight excluding hydrogens is 432 g/mol. The lowest BCUT2D eigenvalue weighted by Gasteiger charge is -2.41. The Bertz CT molecular complexity index is 1090. The molecule has 34 heavy (non-hydrogen) atoms. The van der Waals surface area contributed by atoms with E-state index in [1.165, 1.54) is 16.0 Å². The topological polar surface area (TPSA) is 95.9 Å². The Balaban J connectivity index is 1.14. The number of carbonyl (C=O) groups is 3. The van der Waals surface area contributed by atoms with Crippen LogP contribution in [-0.4, -0.2) is 53.2 Å². The van der Waals surface area contributed by atoms with Gasteiger partial charge in [0, 0.05) is 24.9 Å². The summed E-state index contributed by atoms with van der Waals surface area (Å²) in [6, 6.07) is 16.4. The summed E-state index contributed by atoms with van der Waals surface area (Å²) in [4.78, 5) is 38.7. The average molecular weight is 463 g/mol. The summed E-state index contributed by atoms with van der Waals surface area (Å²) in [6.45, 7) is 2.71. The number of nitrogens with one attached hydrogen (secondary N) is 1. The van der Waals surface area contributed by atoms with Crippen LogP contribution in [0.3, 0.4) is 0 Å². The van der Waals surface area contributed by atoms with Crippen molar-refractivity contribution in [1.82, 2.24) is 10.2 Å². The summed E-state index contributed by atoms with van der Waals surface area (Å²) >= 11 is 0. The fraction of sp³-hybridized carbons (Fsp3) is 0.444. The molecule has 2 aliphatic carbocycles. The number of fused-ring (bicyclic) bond motifs is 3. The van der Waals surface area contributed by atoms with Crippen molar-refractivity contribution in [3.63, 3.8) is 0 Å². The molecule has 2 fully saturated rings. The number of benzene rings is 2. The van der Waals surface area contributed by atoms with E-state index in [1.54, 1.807) is 6.92 Å². The molecule has 0 spiro atoms. The lowest BCUT2D eigenvalue weighted by molar-refractivity contribution is -0.161. The number of piperidine rings is 1. The SMILES string of the molecule is CC1(C(=O)O)CCCCN1C(=O)[C@H]1C[C@H]1CNC(=O)OCC1c2ccccc2-c2ccccc21. The number of carboxylic acids is 1. The summed E-state index contributed by atoms with van der Waals surface area (Å²) in [6.07, 6.45) is 2.28. The van der Waals surface area contributed by atoms with Gasteiger partial charge in [-0.2, -0.15) is 0 Å². The van der Waals surface area contributed by atoms with Gasteiger partial charge in [0.1, 0.15) is 12.1 Å². The van der Waals surface area contributed by atoms with Crippen LogP contribution in [0.2, 0.25) is 0 Å². The molecule has 1 heterocycles. The van der Waals surface area contributed by atoms with E-state index < -0.39 is 17.6 Å². The molecule has 7 nitrogen and oxygen atoms in total. The predicted octanol–water partition coefficient (Wildman–Crippen LogP) is 4.02. The first-order chi connectivity index (χ1) is 16.4. The number of alkyl carbamates (subject to hydrolysis) is 1. The first-order valence-electron chi connectivity index (χ1n) is 12.0. The molecule has 1 aliphatic heterocycles. The molecular formula is C27H30N2O5. The molecule has 1 saturated carbocycles. The van der Waals surface area contributed by atoms with Crippen molar-refractivity contribution in [2.75, 3.05) is 19.7 Å². The Morgan fingerprint density at radius 3 is 2.35 bits per heavy atom. The highest BCUT2D eigenvalue weighted by Crippen LogP contribution is 2.45. The lowest BCUT2D eigenvalue weighted by Crippen LogP contribution is -2.58. The van der Waals surface area contributed by atoms with Crippen LogP contribution in [0.5, 0.6) is 0 Å². The average Bonchev–Trinajstić information content (AvgIpc) is 3.56. The zero-order chi connectivity index (χ0) is 23.9. The Kier molecular flexibility index (Phi) is 5.80. The lowest BCUT2D eigenvalue weighted by atomic mass is 9.88. The molecule has 2 aromatic rings. The van der Waals surface area contributed by atoms with Gasteiger partial charge in [0.05, 0.1) is 0 Å². The van der Waals surface area contributed by atoms with Crippen LogP contribution in [0.25, 0.3) is 11.1 Å². The van der Waals surface area contributed by atoms with E-state index in [2.05, 4.69) is 29.6 Å². The fourth-order valence-corrected chi connectivity index (χ4v) is 5.54. The summed E-state index contributed by atoms with van der Waals surface area (Å²) in [5, 5.41) is 12.5. The second-order valence-electron chi connectivity index (χ2n) is 9.83. The first kappa shape index (κ1) is 22.4. The summed E-state index contributed by atoms with van der Waals surface area (Å²) in [7, 11) is 0. The predicted molar refractivity (Wildman–Crippen MR) is 126 cm³/mol. The molecule has 178 valence electrons. The maximum absolute atomic E-state index is 13.0. The van der Waals surface area contributed by atoms with Crippen molar-refractivity contribution >= 4 is 18.0 Å². The maximum Gasteiger partial charge on any atom is 0.407 e. The number of hydrogen-bond donors (Lipinski definition) is 2. The van der Waals surface area contributed by atoms with Crippen molar-refractivity contribution in [3.8, 4) is 11.1 Å². The van der Waals surface area contributed by atoms with Gasteiger partial charge in [-0.15, -0.1) is 0 Å². The largest absolute Gasteiger partial charge is 0.480 e. The normalized spacial score (nSPS) is 25.3. The van der Waals surface area contributed by atoms with E-state index >= 15 is 0 Å². The molecule has 1 saturated heterocycles.